The van der Waals surface area contributed by atoms with Crippen LogP contribution in [0.5, 0.6) is 0 Å². The Hall–Kier alpha value is -4.42. The Morgan fingerprint density at radius 1 is 1.09 bits per heavy atom. The van der Waals surface area contributed by atoms with Gasteiger partial charge in [-0.3, -0.25) is 19.7 Å². The summed E-state index contributed by atoms with van der Waals surface area (Å²) < 4.78 is 15.5. The Morgan fingerprint density at radius 3 is 2.44 bits per heavy atom. The molecule has 4 rings (SSSR count). The number of tetrazole rings is 1. The van der Waals surface area contributed by atoms with E-state index in [0.29, 0.717) is 37.7 Å². The number of rotatable bonds is 5. The summed E-state index contributed by atoms with van der Waals surface area (Å²) in [7, 11) is 0. The third-order valence-electron chi connectivity index (χ3n) is 5.56. The second kappa shape index (κ2) is 9.21. The van der Waals surface area contributed by atoms with Crippen LogP contribution in [-0.4, -0.2) is 68.0 Å². The van der Waals surface area contributed by atoms with Crippen molar-refractivity contribution in [1.29, 1.82) is 0 Å². The van der Waals surface area contributed by atoms with Crippen LogP contribution in [0.25, 0.3) is 5.69 Å². The third-order valence-corrected chi connectivity index (χ3v) is 5.56. The minimum absolute atomic E-state index is 0.0413. The number of carbonyl (C=O) groups excluding carboxylic acids is 2. The number of amides is 2. The largest absolute Gasteiger partial charge is 0.362 e. The van der Waals surface area contributed by atoms with Crippen molar-refractivity contribution in [1.82, 2.24) is 25.1 Å². The predicted octanol–water partition coefficient (Wildman–Crippen LogP) is 1.94. The number of anilines is 2. The highest BCUT2D eigenvalue weighted by Gasteiger charge is 2.26. The van der Waals surface area contributed by atoms with Crippen LogP contribution in [0, 0.1) is 22.9 Å². The van der Waals surface area contributed by atoms with E-state index in [0.717, 1.165) is 6.07 Å². The van der Waals surface area contributed by atoms with E-state index >= 15 is 0 Å². The molecule has 0 aliphatic carbocycles. The van der Waals surface area contributed by atoms with Crippen molar-refractivity contribution in [3.8, 4) is 5.69 Å². The number of aromatic nitrogens is 4. The number of nitrogens with zero attached hydrogens (tertiary/aromatic N) is 7. The van der Waals surface area contributed by atoms with Gasteiger partial charge in [-0.2, -0.15) is 4.68 Å². The second-order valence-electron chi connectivity index (χ2n) is 7.71. The first kappa shape index (κ1) is 22.8. The summed E-state index contributed by atoms with van der Waals surface area (Å²) in [4.78, 5) is 39.0. The molecule has 12 nitrogen and oxygen atoms in total. The molecule has 3 aromatic rings. The quantitative estimate of drug-likeness (QED) is 0.443. The highest BCUT2D eigenvalue weighted by molar-refractivity contribution is 6.05. The molecule has 2 heterocycles. The number of aryl methyl sites for hydroxylation is 1. The van der Waals surface area contributed by atoms with E-state index in [9.17, 15) is 24.1 Å². The van der Waals surface area contributed by atoms with Crippen molar-refractivity contribution in [2.45, 2.75) is 13.8 Å². The summed E-state index contributed by atoms with van der Waals surface area (Å²) in [6.07, 6.45) is 0. The number of nitro benzene ring substituents is 1. The number of benzene rings is 2. The summed E-state index contributed by atoms with van der Waals surface area (Å²) in [6.45, 7) is 4.90. The smallest absolute Gasteiger partial charge is 0.293 e. The van der Waals surface area contributed by atoms with Crippen molar-refractivity contribution in [2.75, 3.05) is 36.4 Å². The zero-order valence-corrected chi connectivity index (χ0v) is 18.4. The Labute approximate surface area is 193 Å². The zero-order chi connectivity index (χ0) is 24.4. The molecule has 1 aliphatic rings. The monoisotopic (exact) mass is 468 g/mol. The number of halogens is 1. The highest BCUT2D eigenvalue weighted by atomic mass is 19.1. The lowest BCUT2D eigenvalue weighted by molar-refractivity contribution is -0.384. The van der Waals surface area contributed by atoms with Gasteiger partial charge in [0.25, 0.3) is 11.6 Å². The average Bonchev–Trinajstić information content (AvgIpc) is 3.25. The molecule has 1 aromatic heterocycles. The molecule has 1 N–H and O–H groups in total. The minimum Gasteiger partial charge on any atom is -0.362 e. The van der Waals surface area contributed by atoms with Crippen LogP contribution in [-0.2, 0) is 4.79 Å². The van der Waals surface area contributed by atoms with E-state index in [1.807, 2.05) is 4.90 Å². The second-order valence-corrected chi connectivity index (χ2v) is 7.71. The average molecular weight is 468 g/mol. The highest BCUT2D eigenvalue weighted by Crippen LogP contribution is 2.30. The predicted molar refractivity (Wildman–Crippen MR) is 119 cm³/mol. The number of nitrogens with one attached hydrogen (secondary N) is 1. The van der Waals surface area contributed by atoms with Gasteiger partial charge in [0.15, 0.2) is 5.82 Å². The van der Waals surface area contributed by atoms with E-state index in [1.165, 1.54) is 41.9 Å². The maximum atomic E-state index is 14.3. The molecule has 1 aliphatic heterocycles. The van der Waals surface area contributed by atoms with Crippen molar-refractivity contribution < 1.29 is 18.9 Å². The lowest BCUT2D eigenvalue weighted by Gasteiger charge is -2.35. The zero-order valence-electron chi connectivity index (χ0n) is 18.4. The van der Waals surface area contributed by atoms with E-state index < -0.39 is 16.6 Å². The molecule has 176 valence electrons. The Kier molecular flexibility index (Phi) is 6.17. The van der Waals surface area contributed by atoms with Crippen LogP contribution >= 0.6 is 0 Å². The van der Waals surface area contributed by atoms with Gasteiger partial charge in [0.05, 0.1) is 4.92 Å². The normalized spacial score (nSPS) is 13.6. The lowest BCUT2D eigenvalue weighted by Crippen LogP contribution is -2.48. The van der Waals surface area contributed by atoms with Gasteiger partial charge in [-0.15, -0.1) is 5.10 Å². The van der Waals surface area contributed by atoms with E-state index in [1.54, 1.807) is 11.8 Å². The Morgan fingerprint density at radius 2 is 1.82 bits per heavy atom. The number of hydrogen-bond donors (Lipinski definition) is 1. The standard InChI is InChI=1S/C21H21FN8O4/c1-13-24-25-26-29(13)19-12-16(4-5-17(19)22)23-21(32)15-3-6-18(20(11-15)30(33)34)28-9-7-27(8-10-28)14(2)31/h3-6,11-12H,7-10H2,1-2H3,(H,23,32). The summed E-state index contributed by atoms with van der Waals surface area (Å²) in [5.41, 5.74) is 0.549. The molecule has 0 bridgehead atoms. The van der Waals surface area contributed by atoms with Crippen LogP contribution in [0.1, 0.15) is 23.1 Å². The molecule has 0 radical (unpaired) electrons. The summed E-state index contributed by atoms with van der Waals surface area (Å²) in [5.74, 6) is -0.863. The van der Waals surface area contributed by atoms with Gasteiger partial charge in [0, 0.05) is 50.4 Å². The number of nitro groups is 1. The Balaban J connectivity index is 1.55. The van der Waals surface area contributed by atoms with Crippen molar-refractivity contribution in [2.24, 2.45) is 0 Å². The van der Waals surface area contributed by atoms with E-state index in [-0.39, 0.29) is 28.5 Å². The molecule has 0 saturated carbocycles. The molecule has 2 aromatic carbocycles. The fraction of sp³-hybridized carbons (Fsp3) is 0.286. The number of hydrogen-bond acceptors (Lipinski definition) is 8. The first-order valence-electron chi connectivity index (χ1n) is 10.4. The van der Waals surface area contributed by atoms with Crippen molar-refractivity contribution >= 4 is 28.9 Å². The minimum atomic E-state index is -0.595. The SMILES string of the molecule is CC(=O)N1CCN(c2ccc(C(=O)Nc3ccc(F)c(-n4nnnc4C)c3)cc2[N+](=O)[O-])CC1. The van der Waals surface area contributed by atoms with Gasteiger partial charge in [0.1, 0.15) is 17.2 Å². The maximum Gasteiger partial charge on any atom is 0.293 e. The van der Waals surface area contributed by atoms with Gasteiger partial charge in [0.2, 0.25) is 5.91 Å². The van der Waals surface area contributed by atoms with Crippen molar-refractivity contribution in [3.05, 3.63) is 63.7 Å². The first-order valence-corrected chi connectivity index (χ1v) is 10.4. The molecule has 13 heteroatoms. The fourth-order valence-corrected chi connectivity index (χ4v) is 3.75. The molecule has 34 heavy (non-hydrogen) atoms. The van der Waals surface area contributed by atoms with Gasteiger partial charge in [-0.25, -0.2) is 4.39 Å². The van der Waals surface area contributed by atoms with Gasteiger partial charge in [-0.1, -0.05) is 0 Å². The molecular formula is C21H21FN8O4. The fourth-order valence-electron chi connectivity index (χ4n) is 3.75. The maximum absolute atomic E-state index is 14.3. The number of carbonyl (C=O) groups is 2. The van der Waals surface area contributed by atoms with Crippen LogP contribution in [0.15, 0.2) is 36.4 Å². The molecule has 2 amide bonds. The molecule has 0 unspecified atom stereocenters. The van der Waals surface area contributed by atoms with Gasteiger partial charge < -0.3 is 15.1 Å². The summed E-state index contributed by atoms with van der Waals surface area (Å²) >= 11 is 0. The van der Waals surface area contributed by atoms with Crippen LogP contribution in [0.4, 0.5) is 21.5 Å². The number of piperazine rings is 1. The van der Waals surface area contributed by atoms with Crippen LogP contribution in [0.2, 0.25) is 0 Å². The summed E-state index contributed by atoms with van der Waals surface area (Å²) in [5, 5.41) is 25.3. The van der Waals surface area contributed by atoms with Crippen LogP contribution < -0.4 is 10.2 Å². The topological polar surface area (TPSA) is 139 Å². The van der Waals surface area contributed by atoms with Gasteiger partial charge >= 0.3 is 0 Å². The molecule has 1 saturated heterocycles. The molecular weight excluding hydrogens is 447 g/mol. The van der Waals surface area contributed by atoms with Crippen molar-refractivity contribution in [3.63, 3.8) is 0 Å². The lowest BCUT2D eigenvalue weighted by atomic mass is 10.1. The van der Waals surface area contributed by atoms with E-state index in [4.69, 9.17) is 0 Å². The van der Waals surface area contributed by atoms with E-state index in [2.05, 4.69) is 20.8 Å². The van der Waals surface area contributed by atoms with Gasteiger partial charge in [-0.05, 0) is 47.7 Å². The molecule has 0 atom stereocenters. The third kappa shape index (κ3) is 4.53. The summed E-state index contributed by atoms with van der Waals surface area (Å²) in [6, 6.07) is 8.12. The van der Waals surface area contributed by atoms with Crippen LogP contribution in [0.3, 0.4) is 0 Å². The Bertz CT molecular complexity index is 1270. The molecule has 0 spiro atoms. The molecule has 1 fully saturated rings. The first-order chi connectivity index (χ1) is 16.2.